The topological polar surface area (TPSA) is 89.2 Å². The quantitative estimate of drug-likeness (QED) is 0.300. The fourth-order valence-electron chi connectivity index (χ4n) is 4.25. The normalized spacial score (nSPS) is 14.4. The molecule has 3 aromatic carbocycles. The molecule has 7 nitrogen and oxygen atoms in total. The molecule has 0 amide bonds. The number of nitrogens with zero attached hydrogens (tertiary/aromatic N) is 2. The molecule has 1 aliphatic heterocycles. The summed E-state index contributed by atoms with van der Waals surface area (Å²) in [6, 6.07) is 23.8. The summed E-state index contributed by atoms with van der Waals surface area (Å²) in [5, 5.41) is 0. The standard InChI is InChI=1S/C29H28N2O5S2/c1-21-7-13-27(14-8-21)38(33,34)30-37(2)26-11-9-22(10-12-26)19-36-29-20-35-25(15-28(29)32)18-31-16-23-5-3-4-6-24(23)17-31/h3-15,20H,16-19H2,1-2H3. The van der Waals surface area contributed by atoms with Crippen LogP contribution in [-0.4, -0.2) is 19.6 Å². The minimum absolute atomic E-state index is 0.150. The molecule has 196 valence electrons. The first-order valence-corrected chi connectivity index (χ1v) is 15.1. The molecule has 9 heteroatoms. The highest BCUT2D eigenvalue weighted by atomic mass is 32.3. The summed E-state index contributed by atoms with van der Waals surface area (Å²) in [5.41, 5.74) is 4.20. The summed E-state index contributed by atoms with van der Waals surface area (Å²) in [5.74, 6) is 0.746. The SMILES string of the molecule is Cc1ccc(S(=O)(=O)/N=S(\C)c2ccc(COc3coc(CN4Cc5ccccc5C4)cc3=O)cc2)cc1. The molecular formula is C29H28N2O5S2. The lowest BCUT2D eigenvalue weighted by Gasteiger charge is -2.14. The number of hydrogen-bond donors (Lipinski definition) is 0. The van der Waals surface area contributed by atoms with Crippen LogP contribution in [0.5, 0.6) is 5.75 Å². The number of ether oxygens (including phenoxy) is 1. The van der Waals surface area contributed by atoms with Gasteiger partial charge in [0.2, 0.25) is 11.2 Å². The largest absolute Gasteiger partial charge is 0.482 e. The molecule has 0 saturated heterocycles. The van der Waals surface area contributed by atoms with Crippen molar-refractivity contribution in [3.8, 4) is 5.75 Å². The Morgan fingerprint density at radius 3 is 2.26 bits per heavy atom. The van der Waals surface area contributed by atoms with Gasteiger partial charge in [0.15, 0.2) is 0 Å². The van der Waals surface area contributed by atoms with Crippen LogP contribution in [-0.2, 0) is 47.0 Å². The summed E-state index contributed by atoms with van der Waals surface area (Å²) in [4.78, 5) is 15.8. The van der Waals surface area contributed by atoms with Crippen LogP contribution in [0.2, 0.25) is 0 Å². The van der Waals surface area contributed by atoms with Crippen molar-refractivity contribution in [3.63, 3.8) is 0 Å². The zero-order chi connectivity index (χ0) is 26.7. The number of sulfonamides is 1. The zero-order valence-corrected chi connectivity index (χ0v) is 22.8. The summed E-state index contributed by atoms with van der Waals surface area (Å²) in [7, 11) is -4.60. The summed E-state index contributed by atoms with van der Waals surface area (Å²) >= 11 is 0. The molecular weight excluding hydrogens is 520 g/mol. The highest BCUT2D eigenvalue weighted by Crippen LogP contribution is 2.24. The van der Waals surface area contributed by atoms with Gasteiger partial charge in [0.25, 0.3) is 10.0 Å². The van der Waals surface area contributed by atoms with Gasteiger partial charge >= 0.3 is 0 Å². The van der Waals surface area contributed by atoms with Crippen LogP contribution in [0, 0.1) is 6.92 Å². The fourth-order valence-corrected chi connectivity index (χ4v) is 7.13. The predicted molar refractivity (Wildman–Crippen MR) is 147 cm³/mol. The summed E-state index contributed by atoms with van der Waals surface area (Å²) in [6.45, 7) is 4.30. The number of aryl methyl sites for hydroxylation is 1. The van der Waals surface area contributed by atoms with Gasteiger partial charge in [0.1, 0.15) is 18.6 Å². The Hall–Kier alpha value is -3.53. The molecule has 0 radical (unpaired) electrons. The zero-order valence-electron chi connectivity index (χ0n) is 21.2. The molecule has 0 N–H and O–H groups in total. The van der Waals surface area contributed by atoms with Crippen LogP contribution in [0.3, 0.4) is 0 Å². The smallest absolute Gasteiger partial charge is 0.288 e. The average molecular weight is 549 g/mol. The van der Waals surface area contributed by atoms with Gasteiger partial charge in [-0.3, -0.25) is 9.69 Å². The second-order valence-corrected chi connectivity index (χ2v) is 12.7. The van der Waals surface area contributed by atoms with Gasteiger partial charge in [-0.05, 0) is 54.1 Å². The van der Waals surface area contributed by atoms with Crippen molar-refractivity contribution >= 4 is 20.7 Å². The first-order valence-electron chi connectivity index (χ1n) is 12.1. The third kappa shape index (κ3) is 6.12. The van der Waals surface area contributed by atoms with E-state index in [1.807, 2.05) is 43.3 Å². The third-order valence-corrected chi connectivity index (χ3v) is 9.83. The van der Waals surface area contributed by atoms with Gasteiger partial charge < -0.3 is 9.15 Å². The minimum atomic E-state index is -3.75. The van der Waals surface area contributed by atoms with Crippen molar-refractivity contribution in [1.82, 2.24) is 4.90 Å². The van der Waals surface area contributed by atoms with Crippen LogP contribution >= 0.6 is 0 Å². The van der Waals surface area contributed by atoms with Gasteiger partial charge in [0.05, 0.1) is 11.4 Å². The number of benzene rings is 3. The molecule has 0 fully saturated rings. The number of fused-ring (bicyclic) bond motifs is 1. The lowest BCUT2D eigenvalue weighted by molar-refractivity contribution is 0.241. The van der Waals surface area contributed by atoms with Crippen molar-refractivity contribution in [2.45, 2.75) is 43.0 Å². The maximum Gasteiger partial charge on any atom is 0.288 e. The second-order valence-electron chi connectivity index (χ2n) is 9.26. The van der Waals surface area contributed by atoms with Crippen LogP contribution in [0.15, 0.2) is 108 Å². The van der Waals surface area contributed by atoms with E-state index in [2.05, 4.69) is 20.8 Å². The van der Waals surface area contributed by atoms with Crippen molar-refractivity contribution in [2.75, 3.05) is 6.26 Å². The Morgan fingerprint density at radius 2 is 1.63 bits per heavy atom. The lowest BCUT2D eigenvalue weighted by Crippen LogP contribution is -2.17. The monoisotopic (exact) mass is 548 g/mol. The van der Waals surface area contributed by atoms with E-state index in [9.17, 15) is 13.2 Å². The van der Waals surface area contributed by atoms with Gasteiger partial charge in [-0.2, -0.15) is 8.42 Å². The predicted octanol–water partition coefficient (Wildman–Crippen LogP) is 5.22. The molecule has 2 heterocycles. The Morgan fingerprint density at radius 1 is 0.974 bits per heavy atom. The molecule has 1 aliphatic rings. The molecule has 0 aliphatic carbocycles. The molecule has 0 spiro atoms. The molecule has 1 atom stereocenters. The minimum Gasteiger partial charge on any atom is -0.482 e. The summed E-state index contributed by atoms with van der Waals surface area (Å²) in [6.07, 6.45) is 3.14. The fraction of sp³-hybridized carbons (Fsp3) is 0.207. The van der Waals surface area contributed by atoms with Crippen LogP contribution < -0.4 is 10.2 Å². The molecule has 0 bridgehead atoms. The molecule has 5 rings (SSSR count). The maximum atomic E-state index is 12.6. The Labute approximate surface area is 224 Å². The van der Waals surface area contributed by atoms with Crippen molar-refractivity contribution < 1.29 is 17.6 Å². The highest BCUT2D eigenvalue weighted by molar-refractivity contribution is 7.99. The van der Waals surface area contributed by atoms with Crippen molar-refractivity contribution in [1.29, 1.82) is 0 Å². The molecule has 0 saturated carbocycles. The van der Waals surface area contributed by atoms with Crippen molar-refractivity contribution in [3.05, 3.63) is 123 Å². The Bertz CT molecular complexity index is 1620. The third-order valence-electron chi connectivity index (χ3n) is 6.33. The van der Waals surface area contributed by atoms with E-state index >= 15 is 0 Å². The van der Waals surface area contributed by atoms with Crippen LogP contribution in [0.1, 0.15) is 28.0 Å². The first kappa shape index (κ1) is 26.1. The van der Waals surface area contributed by atoms with E-state index < -0.39 is 20.7 Å². The van der Waals surface area contributed by atoms with E-state index in [4.69, 9.17) is 9.15 Å². The maximum absolute atomic E-state index is 12.6. The average Bonchev–Trinajstić information content (AvgIpc) is 3.31. The van der Waals surface area contributed by atoms with E-state index in [0.29, 0.717) is 12.3 Å². The molecule has 4 aromatic rings. The number of rotatable bonds is 8. The lowest BCUT2D eigenvalue weighted by atomic mass is 10.1. The van der Waals surface area contributed by atoms with E-state index in [-0.39, 0.29) is 22.7 Å². The first-order chi connectivity index (χ1) is 18.3. The summed E-state index contributed by atoms with van der Waals surface area (Å²) < 4.78 is 40.8. The second kappa shape index (κ2) is 11.1. The van der Waals surface area contributed by atoms with Crippen molar-refractivity contribution in [2.24, 2.45) is 3.77 Å². The molecule has 38 heavy (non-hydrogen) atoms. The van der Waals surface area contributed by atoms with E-state index in [1.54, 1.807) is 30.5 Å². The van der Waals surface area contributed by atoms with Gasteiger partial charge in [-0.1, -0.05) is 64.8 Å². The Balaban J connectivity index is 1.19. The van der Waals surface area contributed by atoms with Crippen LogP contribution in [0.25, 0.3) is 0 Å². The number of hydrogen-bond acceptors (Lipinski definition) is 6. The van der Waals surface area contributed by atoms with Gasteiger partial charge in [-0.15, -0.1) is 3.77 Å². The molecule has 1 unspecified atom stereocenters. The van der Waals surface area contributed by atoms with E-state index in [0.717, 1.165) is 29.1 Å². The van der Waals surface area contributed by atoms with Gasteiger partial charge in [0, 0.05) is 24.1 Å². The highest BCUT2D eigenvalue weighted by Gasteiger charge is 2.19. The van der Waals surface area contributed by atoms with Gasteiger partial charge in [-0.25, -0.2) is 0 Å². The van der Waals surface area contributed by atoms with E-state index in [1.165, 1.54) is 23.5 Å². The molecule has 1 aromatic heterocycles. The van der Waals surface area contributed by atoms with Crippen LogP contribution in [0.4, 0.5) is 0 Å². The Kier molecular flexibility index (Phi) is 7.60.